The molecule has 0 unspecified atom stereocenters. The van der Waals surface area contributed by atoms with Gasteiger partial charge >= 0.3 is 11.8 Å². The van der Waals surface area contributed by atoms with E-state index in [9.17, 15) is 19.2 Å². The summed E-state index contributed by atoms with van der Waals surface area (Å²) in [6.45, 7) is 3.69. The Balaban J connectivity index is 1.51. The van der Waals surface area contributed by atoms with Crippen LogP contribution in [0.5, 0.6) is 0 Å². The number of hydrogen-bond donors (Lipinski definition) is 1. The van der Waals surface area contributed by atoms with Gasteiger partial charge in [-0.2, -0.15) is 0 Å². The molecule has 1 N–H and O–H groups in total. The number of imidazole rings is 1. The Hall–Kier alpha value is -3.11. The normalized spacial score (nSPS) is 14.8. The maximum atomic E-state index is 12.4. The fourth-order valence-electron chi connectivity index (χ4n) is 3.70. The number of carbonyl (C=O) groups is 2. The van der Waals surface area contributed by atoms with Crippen molar-refractivity contribution in [3.05, 3.63) is 27.2 Å². The van der Waals surface area contributed by atoms with Crippen molar-refractivity contribution in [1.82, 2.24) is 28.9 Å². The van der Waals surface area contributed by atoms with E-state index in [2.05, 4.69) is 10.3 Å². The lowest BCUT2D eigenvalue weighted by Crippen LogP contribution is -2.46. The van der Waals surface area contributed by atoms with E-state index in [-0.39, 0.29) is 18.0 Å². The highest BCUT2D eigenvalue weighted by Gasteiger charge is 2.24. The molecule has 0 aliphatic carbocycles. The van der Waals surface area contributed by atoms with Gasteiger partial charge in [-0.15, -0.1) is 0 Å². The summed E-state index contributed by atoms with van der Waals surface area (Å²) in [7, 11) is 3.00. The van der Waals surface area contributed by atoms with Crippen molar-refractivity contribution in [3.63, 3.8) is 0 Å². The molecular weight excluding hydrogens is 392 g/mol. The molecule has 2 aromatic heterocycles. The molecule has 0 radical (unpaired) electrons. The second kappa shape index (κ2) is 9.14. The lowest BCUT2D eigenvalue weighted by Gasteiger charge is -2.31. The van der Waals surface area contributed by atoms with Crippen molar-refractivity contribution < 1.29 is 14.3 Å². The van der Waals surface area contributed by atoms with Crippen LogP contribution in [0, 0.1) is 0 Å². The Morgan fingerprint density at radius 3 is 2.57 bits per heavy atom. The maximum Gasteiger partial charge on any atom is 0.409 e. The van der Waals surface area contributed by atoms with E-state index in [1.807, 2.05) is 0 Å². The third-order valence-electron chi connectivity index (χ3n) is 5.41. The van der Waals surface area contributed by atoms with Crippen LogP contribution in [-0.2, 0) is 30.2 Å². The van der Waals surface area contributed by atoms with Crippen LogP contribution in [0.4, 0.5) is 4.79 Å². The molecule has 0 aromatic carbocycles. The van der Waals surface area contributed by atoms with Gasteiger partial charge in [-0.25, -0.2) is 14.6 Å². The highest BCUT2D eigenvalue weighted by atomic mass is 16.6. The smallest absolute Gasteiger partial charge is 0.409 e. The Morgan fingerprint density at radius 2 is 1.90 bits per heavy atom. The van der Waals surface area contributed by atoms with Crippen molar-refractivity contribution in [1.29, 1.82) is 0 Å². The van der Waals surface area contributed by atoms with Gasteiger partial charge in [0.1, 0.15) is 0 Å². The Bertz CT molecular complexity index is 1040. The molecule has 1 saturated heterocycles. The molecule has 3 rings (SSSR count). The molecule has 164 valence electrons. The van der Waals surface area contributed by atoms with Crippen LogP contribution in [0.1, 0.15) is 32.6 Å². The van der Waals surface area contributed by atoms with E-state index in [1.54, 1.807) is 23.4 Å². The number of hydrogen-bond acceptors (Lipinski definition) is 6. The summed E-state index contributed by atoms with van der Waals surface area (Å²) in [4.78, 5) is 54.3. The highest BCUT2D eigenvalue weighted by Crippen LogP contribution is 2.12. The second-order valence-corrected chi connectivity index (χ2v) is 7.45. The molecule has 1 aliphatic heterocycles. The SMILES string of the molecule is CCOC(=O)N1CCC(NC(=O)CCCn2cnc3c2c(=O)n(C)c(=O)n3C)CC1. The minimum absolute atomic E-state index is 0.0408. The van der Waals surface area contributed by atoms with Crippen LogP contribution >= 0.6 is 0 Å². The molecule has 2 amide bonds. The molecule has 0 atom stereocenters. The Kier molecular flexibility index (Phi) is 6.58. The number of fused-ring (bicyclic) bond motifs is 1. The number of amides is 2. The van der Waals surface area contributed by atoms with Crippen LogP contribution < -0.4 is 16.6 Å². The molecule has 0 bridgehead atoms. The highest BCUT2D eigenvalue weighted by molar-refractivity contribution is 5.76. The molecule has 1 aliphatic rings. The first-order valence-electron chi connectivity index (χ1n) is 10.1. The van der Waals surface area contributed by atoms with Crippen molar-refractivity contribution in [2.45, 2.75) is 45.2 Å². The minimum atomic E-state index is -0.425. The molecule has 0 spiro atoms. The van der Waals surface area contributed by atoms with Crippen LogP contribution in [0.2, 0.25) is 0 Å². The van der Waals surface area contributed by atoms with Crippen molar-refractivity contribution >= 4 is 23.2 Å². The average Bonchev–Trinajstić information content (AvgIpc) is 3.15. The fourth-order valence-corrected chi connectivity index (χ4v) is 3.70. The van der Waals surface area contributed by atoms with Gasteiger partial charge < -0.3 is 19.5 Å². The van der Waals surface area contributed by atoms with Gasteiger partial charge in [0.25, 0.3) is 5.56 Å². The molecular formula is C19H28N6O5. The largest absolute Gasteiger partial charge is 0.450 e. The van der Waals surface area contributed by atoms with Gasteiger partial charge in [0, 0.05) is 46.2 Å². The van der Waals surface area contributed by atoms with E-state index >= 15 is 0 Å². The second-order valence-electron chi connectivity index (χ2n) is 7.45. The average molecular weight is 420 g/mol. The number of aromatic nitrogens is 4. The number of carbonyl (C=O) groups excluding carboxylic acids is 2. The van der Waals surface area contributed by atoms with Gasteiger partial charge in [-0.05, 0) is 26.2 Å². The Morgan fingerprint density at radius 1 is 1.20 bits per heavy atom. The van der Waals surface area contributed by atoms with Crippen LogP contribution in [0.15, 0.2) is 15.9 Å². The quantitative estimate of drug-likeness (QED) is 0.700. The van der Waals surface area contributed by atoms with Gasteiger partial charge in [0.2, 0.25) is 5.91 Å². The molecule has 0 saturated carbocycles. The maximum absolute atomic E-state index is 12.4. The van der Waals surface area contributed by atoms with Gasteiger partial charge in [0.05, 0.1) is 12.9 Å². The number of piperidine rings is 1. The zero-order chi connectivity index (χ0) is 21.8. The summed E-state index contributed by atoms with van der Waals surface area (Å²) in [5, 5.41) is 3.01. The summed E-state index contributed by atoms with van der Waals surface area (Å²) in [6, 6.07) is 0.0408. The summed E-state index contributed by atoms with van der Waals surface area (Å²) < 4.78 is 9.07. The monoisotopic (exact) mass is 420 g/mol. The van der Waals surface area contributed by atoms with Crippen molar-refractivity contribution in [3.8, 4) is 0 Å². The first-order chi connectivity index (χ1) is 14.3. The van der Waals surface area contributed by atoms with Crippen molar-refractivity contribution in [2.24, 2.45) is 14.1 Å². The number of nitrogens with zero attached hydrogens (tertiary/aromatic N) is 5. The molecule has 3 heterocycles. The van der Waals surface area contributed by atoms with Crippen LogP contribution in [0.3, 0.4) is 0 Å². The molecule has 2 aromatic rings. The predicted octanol–water partition coefficient (Wildman–Crippen LogP) is -0.0490. The lowest BCUT2D eigenvalue weighted by molar-refractivity contribution is -0.122. The number of rotatable bonds is 6. The third-order valence-corrected chi connectivity index (χ3v) is 5.41. The van der Waals surface area contributed by atoms with Crippen LogP contribution in [0.25, 0.3) is 11.2 Å². The van der Waals surface area contributed by atoms with Crippen molar-refractivity contribution in [2.75, 3.05) is 19.7 Å². The lowest BCUT2D eigenvalue weighted by atomic mass is 10.1. The van der Waals surface area contributed by atoms with E-state index in [1.165, 1.54) is 17.9 Å². The van der Waals surface area contributed by atoms with E-state index < -0.39 is 11.2 Å². The molecule has 30 heavy (non-hydrogen) atoms. The molecule has 1 fully saturated rings. The predicted molar refractivity (Wildman–Crippen MR) is 109 cm³/mol. The van der Waals surface area contributed by atoms with Crippen LogP contribution in [-0.4, -0.2) is 61.3 Å². The first-order valence-corrected chi connectivity index (χ1v) is 10.1. The number of ether oxygens (including phenoxy) is 1. The topological polar surface area (TPSA) is 120 Å². The van der Waals surface area contributed by atoms with E-state index in [0.29, 0.717) is 63.1 Å². The Labute approximate surface area is 173 Å². The summed E-state index contributed by atoms with van der Waals surface area (Å²) >= 11 is 0. The van der Waals surface area contributed by atoms with Gasteiger partial charge in [-0.1, -0.05) is 0 Å². The van der Waals surface area contributed by atoms with Gasteiger partial charge in [0.15, 0.2) is 11.2 Å². The number of aryl methyl sites for hydroxylation is 2. The fraction of sp³-hybridized carbons (Fsp3) is 0.632. The molecule has 11 nitrogen and oxygen atoms in total. The van der Waals surface area contributed by atoms with E-state index in [0.717, 1.165) is 4.57 Å². The number of nitrogens with one attached hydrogen (secondary N) is 1. The zero-order valence-corrected chi connectivity index (χ0v) is 17.6. The summed E-state index contributed by atoms with van der Waals surface area (Å²) in [5.41, 5.74) is -0.137. The summed E-state index contributed by atoms with van der Waals surface area (Å²) in [5.74, 6) is -0.0608. The molecule has 11 heteroatoms. The standard InChI is InChI=1S/C19H28N6O5/c1-4-30-19(29)24-10-7-13(8-11-24)21-14(26)6-5-9-25-12-20-16-15(25)17(27)23(3)18(28)22(16)2/h12-13H,4-11H2,1-3H3,(H,21,26). The number of likely N-dealkylation sites (tertiary alicyclic amines) is 1. The zero-order valence-electron chi connectivity index (χ0n) is 17.6. The third kappa shape index (κ3) is 4.39. The minimum Gasteiger partial charge on any atom is -0.450 e. The first kappa shape index (κ1) is 21.6. The van der Waals surface area contributed by atoms with Gasteiger partial charge in [-0.3, -0.25) is 18.7 Å². The van der Waals surface area contributed by atoms with E-state index in [4.69, 9.17) is 4.74 Å². The summed E-state index contributed by atoms with van der Waals surface area (Å²) in [6.07, 6.45) is 3.45.